The molecular formula is C35H32ClN5O2S. The average Bonchev–Trinajstić information content (AvgIpc) is 3.48. The number of anilines is 2. The third kappa shape index (κ3) is 5.78. The molecule has 7 nitrogen and oxygen atoms in total. The second-order valence-electron chi connectivity index (χ2n) is 10.7. The summed E-state index contributed by atoms with van der Waals surface area (Å²) in [7, 11) is 0. The third-order valence-corrected chi connectivity index (χ3v) is 8.56. The Morgan fingerprint density at radius 2 is 1.68 bits per heavy atom. The van der Waals surface area contributed by atoms with E-state index >= 15 is 0 Å². The minimum Gasteiger partial charge on any atom is -0.484 e. The van der Waals surface area contributed by atoms with Gasteiger partial charge in [-0.15, -0.1) is 0 Å². The molecule has 1 aliphatic rings. The van der Waals surface area contributed by atoms with Crippen molar-refractivity contribution in [1.82, 2.24) is 14.9 Å². The van der Waals surface area contributed by atoms with Gasteiger partial charge < -0.3 is 24.8 Å². The van der Waals surface area contributed by atoms with Crippen LogP contribution in [0, 0.1) is 20.8 Å². The Morgan fingerprint density at radius 1 is 0.932 bits per heavy atom. The minimum absolute atomic E-state index is 0.0821. The molecule has 1 amide bonds. The Hall–Kier alpha value is -4.66. The Morgan fingerprint density at radius 3 is 2.39 bits per heavy atom. The number of nitrogens with zero attached hydrogens (tertiary/aromatic N) is 3. The highest BCUT2D eigenvalue weighted by molar-refractivity contribution is 7.80. The number of carbonyl (C=O) groups excluding carboxylic acids is 1. The van der Waals surface area contributed by atoms with Crippen LogP contribution in [0.1, 0.15) is 40.3 Å². The Balaban J connectivity index is 1.34. The highest BCUT2D eigenvalue weighted by atomic mass is 35.5. The molecule has 1 fully saturated rings. The molecule has 5 aromatic rings. The number of rotatable bonds is 8. The van der Waals surface area contributed by atoms with Crippen molar-refractivity contribution in [2.45, 2.75) is 32.9 Å². The van der Waals surface area contributed by atoms with Crippen molar-refractivity contribution in [1.29, 1.82) is 0 Å². The van der Waals surface area contributed by atoms with Crippen molar-refractivity contribution in [2.24, 2.45) is 0 Å². The van der Waals surface area contributed by atoms with Crippen molar-refractivity contribution in [2.75, 3.05) is 16.8 Å². The van der Waals surface area contributed by atoms with Crippen LogP contribution in [0.25, 0.3) is 5.69 Å². The van der Waals surface area contributed by atoms with E-state index in [-0.39, 0.29) is 24.6 Å². The smallest absolute Gasteiger partial charge is 0.262 e. The fourth-order valence-corrected chi connectivity index (χ4v) is 6.47. The molecule has 0 saturated carbocycles. The summed E-state index contributed by atoms with van der Waals surface area (Å²) in [5.74, 6) is 0.406. The van der Waals surface area contributed by atoms with Gasteiger partial charge in [0.2, 0.25) is 0 Å². The van der Waals surface area contributed by atoms with Crippen molar-refractivity contribution in [3.63, 3.8) is 0 Å². The Kier molecular flexibility index (Phi) is 8.37. The molecule has 44 heavy (non-hydrogen) atoms. The number of hydrogen-bond donors (Lipinski definition) is 2. The predicted octanol–water partition coefficient (Wildman–Crippen LogP) is 7.65. The van der Waals surface area contributed by atoms with Crippen molar-refractivity contribution < 1.29 is 9.53 Å². The standard InChI is InChI=1S/C35H32ClN5O2S/c1-22-23(2)40(28-11-9-10-25(36)20-28)24(3)32(22)34-33(30-14-7-8-19-37-30)39-35(44)41(34)27-17-15-26(16-18-27)38-31(42)21-43-29-12-5-4-6-13-29/h4-20,33-34H,21H2,1-3H3,(H,38,42)(H,39,44)/t33-,34+/m1/s1. The maximum atomic E-state index is 12.6. The summed E-state index contributed by atoms with van der Waals surface area (Å²) in [5, 5.41) is 7.76. The number of pyridine rings is 1. The zero-order valence-electron chi connectivity index (χ0n) is 24.6. The molecular weight excluding hydrogens is 590 g/mol. The van der Waals surface area contributed by atoms with Crippen molar-refractivity contribution >= 4 is 46.2 Å². The molecule has 3 heterocycles. The Labute approximate surface area is 267 Å². The number of benzene rings is 3. The Bertz CT molecular complexity index is 1810. The van der Waals surface area contributed by atoms with Crippen LogP contribution in [-0.4, -0.2) is 27.2 Å². The summed E-state index contributed by atoms with van der Waals surface area (Å²) >= 11 is 12.4. The van der Waals surface area contributed by atoms with Gasteiger partial charge >= 0.3 is 0 Å². The van der Waals surface area contributed by atoms with E-state index in [1.165, 1.54) is 11.1 Å². The topological polar surface area (TPSA) is 71.4 Å². The van der Waals surface area contributed by atoms with Gasteiger partial charge in [-0.25, -0.2) is 0 Å². The number of aromatic nitrogens is 2. The molecule has 2 atom stereocenters. The molecule has 0 bridgehead atoms. The fourth-order valence-electron chi connectivity index (χ4n) is 5.94. The van der Waals surface area contributed by atoms with E-state index in [0.717, 1.165) is 28.5 Å². The van der Waals surface area contributed by atoms with Crippen LogP contribution < -0.4 is 20.3 Å². The lowest BCUT2D eigenvalue weighted by Gasteiger charge is -2.29. The highest BCUT2D eigenvalue weighted by Gasteiger charge is 2.43. The van der Waals surface area contributed by atoms with E-state index in [0.29, 0.717) is 21.6 Å². The van der Waals surface area contributed by atoms with Gasteiger partial charge in [0.05, 0.1) is 17.8 Å². The summed E-state index contributed by atoms with van der Waals surface area (Å²) in [6, 6.07) is 30.4. The van der Waals surface area contributed by atoms with Crippen LogP contribution in [0.5, 0.6) is 5.75 Å². The molecule has 222 valence electrons. The number of ether oxygens (including phenoxy) is 1. The lowest BCUT2D eigenvalue weighted by atomic mass is 9.93. The molecule has 3 aromatic carbocycles. The van der Waals surface area contributed by atoms with Gasteiger partial charge in [0, 0.05) is 45.2 Å². The number of amides is 1. The molecule has 1 aliphatic heterocycles. The van der Waals surface area contributed by atoms with Crippen LogP contribution in [-0.2, 0) is 4.79 Å². The molecule has 0 aliphatic carbocycles. The monoisotopic (exact) mass is 621 g/mol. The number of carbonyl (C=O) groups is 1. The zero-order valence-corrected chi connectivity index (χ0v) is 26.2. The zero-order chi connectivity index (χ0) is 30.8. The van der Waals surface area contributed by atoms with Crippen molar-refractivity contribution in [3.8, 4) is 11.4 Å². The van der Waals surface area contributed by atoms with Crippen LogP contribution in [0.2, 0.25) is 5.02 Å². The quantitative estimate of drug-likeness (QED) is 0.174. The summed E-state index contributed by atoms with van der Waals surface area (Å²) in [6.07, 6.45) is 1.81. The highest BCUT2D eigenvalue weighted by Crippen LogP contribution is 2.45. The molecule has 2 N–H and O–H groups in total. The molecule has 0 radical (unpaired) electrons. The van der Waals surface area contributed by atoms with E-state index in [9.17, 15) is 4.79 Å². The summed E-state index contributed by atoms with van der Waals surface area (Å²) < 4.78 is 7.84. The predicted molar refractivity (Wildman–Crippen MR) is 180 cm³/mol. The van der Waals surface area contributed by atoms with Gasteiger partial charge in [-0.05, 0) is 105 Å². The molecule has 2 aromatic heterocycles. The number of thiocarbonyl (C=S) groups is 1. The summed E-state index contributed by atoms with van der Waals surface area (Å²) in [6.45, 7) is 6.35. The SMILES string of the molecule is Cc1c([C@H]2[C@@H](c3ccccn3)NC(=S)N2c2ccc(NC(=O)COc3ccccc3)cc2)c(C)n(-c2cccc(Cl)c2)c1C. The van der Waals surface area contributed by atoms with Gasteiger partial charge in [0.1, 0.15) is 5.75 Å². The van der Waals surface area contributed by atoms with Crippen LogP contribution in [0.3, 0.4) is 0 Å². The normalized spacial score (nSPS) is 16.1. The van der Waals surface area contributed by atoms with Gasteiger partial charge in [-0.1, -0.05) is 41.9 Å². The van der Waals surface area contributed by atoms with Gasteiger partial charge in [-0.2, -0.15) is 0 Å². The first-order valence-corrected chi connectivity index (χ1v) is 15.1. The molecule has 0 unspecified atom stereocenters. The van der Waals surface area contributed by atoms with E-state index in [1.54, 1.807) is 6.20 Å². The number of halogens is 1. The minimum atomic E-state index is -0.239. The molecule has 0 spiro atoms. The molecule has 6 rings (SSSR count). The van der Waals surface area contributed by atoms with E-state index < -0.39 is 0 Å². The van der Waals surface area contributed by atoms with E-state index in [4.69, 9.17) is 33.5 Å². The summed E-state index contributed by atoms with van der Waals surface area (Å²) in [5.41, 5.74) is 8.05. The maximum Gasteiger partial charge on any atom is 0.262 e. The maximum absolute atomic E-state index is 12.6. The van der Waals surface area contributed by atoms with Gasteiger partial charge in [0.15, 0.2) is 11.7 Å². The van der Waals surface area contributed by atoms with Crippen LogP contribution >= 0.6 is 23.8 Å². The third-order valence-electron chi connectivity index (χ3n) is 8.01. The summed E-state index contributed by atoms with van der Waals surface area (Å²) in [4.78, 5) is 19.4. The molecule has 9 heteroatoms. The first-order valence-electron chi connectivity index (χ1n) is 14.3. The second kappa shape index (κ2) is 12.5. The lowest BCUT2D eigenvalue weighted by Crippen LogP contribution is -2.30. The average molecular weight is 622 g/mol. The number of hydrogen-bond acceptors (Lipinski definition) is 4. The second-order valence-corrected chi connectivity index (χ2v) is 11.5. The number of para-hydroxylation sites is 1. The first kappa shape index (κ1) is 29.4. The van der Waals surface area contributed by atoms with Gasteiger partial charge in [-0.3, -0.25) is 9.78 Å². The lowest BCUT2D eigenvalue weighted by molar-refractivity contribution is -0.118. The van der Waals surface area contributed by atoms with Crippen LogP contribution in [0.15, 0.2) is 103 Å². The van der Waals surface area contributed by atoms with E-state index in [1.807, 2.05) is 91.0 Å². The first-order chi connectivity index (χ1) is 21.3. The van der Waals surface area contributed by atoms with Gasteiger partial charge in [0.25, 0.3) is 5.91 Å². The van der Waals surface area contributed by atoms with E-state index in [2.05, 4.69) is 46.9 Å². The van der Waals surface area contributed by atoms with Crippen LogP contribution in [0.4, 0.5) is 11.4 Å². The fraction of sp³-hybridized carbons (Fsp3) is 0.171. The molecule has 1 saturated heterocycles. The number of nitrogens with one attached hydrogen (secondary N) is 2. The van der Waals surface area contributed by atoms with Crippen molar-refractivity contribution in [3.05, 3.63) is 136 Å². The largest absolute Gasteiger partial charge is 0.484 e.